The molecule has 1 heterocycles. The third-order valence-electron chi connectivity index (χ3n) is 4.22. The maximum absolute atomic E-state index is 12.2. The number of nitrogens with zero attached hydrogens (tertiary/aromatic N) is 1. The maximum atomic E-state index is 12.2. The normalized spacial score (nSPS) is 17.7. The highest BCUT2D eigenvalue weighted by Crippen LogP contribution is 2.38. The van der Waals surface area contributed by atoms with Crippen LogP contribution in [0.5, 0.6) is 5.75 Å². The first kappa shape index (κ1) is 15.9. The number of carbonyl (C=O) groups is 1. The summed E-state index contributed by atoms with van der Waals surface area (Å²) in [5.74, 6) is 1.03. The van der Waals surface area contributed by atoms with Crippen LogP contribution < -0.4 is 0 Å². The fraction of sp³-hybridized carbons (Fsp3) is 0.316. The first-order chi connectivity index (χ1) is 11.2. The lowest BCUT2D eigenvalue weighted by atomic mass is 10.1. The van der Waals surface area contributed by atoms with Gasteiger partial charge in [0.25, 0.3) is 0 Å². The van der Waals surface area contributed by atoms with Crippen LogP contribution in [0.15, 0.2) is 48.5 Å². The summed E-state index contributed by atoms with van der Waals surface area (Å²) < 4.78 is 0. The summed E-state index contributed by atoms with van der Waals surface area (Å²) >= 11 is 1.70. The molecule has 23 heavy (non-hydrogen) atoms. The predicted octanol–water partition coefficient (Wildman–Crippen LogP) is 3.77. The van der Waals surface area contributed by atoms with Crippen LogP contribution in [0.25, 0.3) is 0 Å². The molecular weight excluding hydrogens is 306 g/mol. The molecule has 120 valence electrons. The second-order valence-electron chi connectivity index (χ2n) is 5.76. The third-order valence-corrected chi connectivity index (χ3v) is 5.47. The average molecular weight is 327 g/mol. The fourth-order valence-corrected chi connectivity index (χ4v) is 4.02. The number of phenols is 1. The molecule has 0 radical (unpaired) electrons. The minimum Gasteiger partial charge on any atom is -0.508 e. The molecule has 1 amide bonds. The Bertz CT molecular complexity index is 667. The molecule has 1 aliphatic rings. The number of aryl methyl sites for hydroxylation is 1. The number of phenolic OH excluding ortho intramolecular Hbond substituents is 1. The zero-order valence-corrected chi connectivity index (χ0v) is 14.1. The molecule has 1 fully saturated rings. The Labute approximate surface area is 141 Å². The van der Waals surface area contributed by atoms with E-state index in [1.807, 2.05) is 17.0 Å². The van der Waals surface area contributed by atoms with E-state index in [0.717, 1.165) is 18.4 Å². The molecule has 1 unspecified atom stereocenters. The van der Waals surface area contributed by atoms with E-state index < -0.39 is 0 Å². The van der Waals surface area contributed by atoms with Gasteiger partial charge in [-0.05, 0) is 41.7 Å². The first-order valence-electron chi connectivity index (χ1n) is 7.95. The molecule has 0 spiro atoms. The minimum atomic E-state index is 0.116. The molecule has 0 aromatic heterocycles. The number of carbonyl (C=O) groups excluding carboxylic acids is 1. The molecule has 1 atom stereocenters. The van der Waals surface area contributed by atoms with Gasteiger partial charge in [-0.2, -0.15) is 0 Å². The number of hydrogen-bond acceptors (Lipinski definition) is 3. The fourth-order valence-electron chi connectivity index (χ4n) is 2.80. The number of aromatic hydroxyl groups is 1. The molecule has 0 aliphatic carbocycles. The van der Waals surface area contributed by atoms with Gasteiger partial charge in [0.05, 0.1) is 5.75 Å². The van der Waals surface area contributed by atoms with Crippen molar-refractivity contribution in [3.8, 4) is 5.75 Å². The molecule has 1 saturated heterocycles. The van der Waals surface area contributed by atoms with Gasteiger partial charge < -0.3 is 10.0 Å². The number of benzene rings is 2. The van der Waals surface area contributed by atoms with Crippen LogP contribution in [0.2, 0.25) is 0 Å². The first-order valence-corrected chi connectivity index (χ1v) is 9.00. The lowest BCUT2D eigenvalue weighted by Crippen LogP contribution is -2.30. The van der Waals surface area contributed by atoms with E-state index in [4.69, 9.17) is 0 Å². The van der Waals surface area contributed by atoms with Crippen LogP contribution in [-0.2, 0) is 17.6 Å². The van der Waals surface area contributed by atoms with Crippen molar-refractivity contribution >= 4 is 17.7 Å². The van der Waals surface area contributed by atoms with Gasteiger partial charge >= 0.3 is 0 Å². The Morgan fingerprint density at radius 1 is 1.09 bits per heavy atom. The number of thioether (sulfide) groups is 1. The molecule has 3 nitrogen and oxygen atoms in total. The summed E-state index contributed by atoms with van der Waals surface area (Å²) in [7, 11) is 0. The quantitative estimate of drug-likeness (QED) is 0.909. The van der Waals surface area contributed by atoms with Crippen LogP contribution in [0.1, 0.15) is 29.0 Å². The largest absolute Gasteiger partial charge is 0.508 e. The topological polar surface area (TPSA) is 40.5 Å². The van der Waals surface area contributed by atoms with Gasteiger partial charge in [-0.25, -0.2) is 0 Å². The maximum Gasteiger partial charge on any atom is 0.233 e. The van der Waals surface area contributed by atoms with Crippen LogP contribution in [0, 0.1) is 0 Å². The second-order valence-corrected chi connectivity index (χ2v) is 6.83. The van der Waals surface area contributed by atoms with Crippen molar-refractivity contribution < 1.29 is 9.90 Å². The van der Waals surface area contributed by atoms with Crippen molar-refractivity contribution in [2.75, 3.05) is 12.3 Å². The Hall–Kier alpha value is -1.94. The van der Waals surface area contributed by atoms with Crippen molar-refractivity contribution in [3.63, 3.8) is 0 Å². The van der Waals surface area contributed by atoms with Crippen LogP contribution in [0.4, 0.5) is 0 Å². The molecule has 3 rings (SSSR count). The minimum absolute atomic E-state index is 0.116. The van der Waals surface area contributed by atoms with E-state index in [-0.39, 0.29) is 17.0 Å². The predicted molar refractivity (Wildman–Crippen MR) is 94.5 cm³/mol. The van der Waals surface area contributed by atoms with E-state index in [0.29, 0.717) is 12.3 Å². The van der Waals surface area contributed by atoms with Gasteiger partial charge in [0.1, 0.15) is 11.1 Å². The van der Waals surface area contributed by atoms with Crippen molar-refractivity contribution in [3.05, 3.63) is 65.2 Å². The van der Waals surface area contributed by atoms with Crippen molar-refractivity contribution in [1.29, 1.82) is 0 Å². The standard InChI is InChI=1S/C19H21NO2S/c1-2-14-3-7-16(8-4-14)19-20(18(22)13-23-19)12-11-15-5-9-17(21)10-6-15/h3-10,19,21H,2,11-13H2,1H3. The van der Waals surface area contributed by atoms with Gasteiger partial charge in [-0.3, -0.25) is 4.79 Å². The van der Waals surface area contributed by atoms with Crippen molar-refractivity contribution in [2.45, 2.75) is 25.1 Å². The van der Waals surface area contributed by atoms with Gasteiger partial charge in [-0.1, -0.05) is 43.3 Å². The number of hydrogen-bond donors (Lipinski definition) is 1. The highest BCUT2D eigenvalue weighted by molar-refractivity contribution is 8.00. The van der Waals surface area contributed by atoms with Crippen LogP contribution in [0.3, 0.4) is 0 Å². The monoisotopic (exact) mass is 327 g/mol. The molecule has 0 saturated carbocycles. The number of rotatable bonds is 5. The van der Waals surface area contributed by atoms with E-state index in [1.54, 1.807) is 23.9 Å². The summed E-state index contributed by atoms with van der Waals surface area (Å²) in [5.41, 5.74) is 3.65. The zero-order chi connectivity index (χ0) is 16.2. The van der Waals surface area contributed by atoms with Crippen molar-refractivity contribution in [2.24, 2.45) is 0 Å². The van der Waals surface area contributed by atoms with E-state index in [1.165, 1.54) is 11.1 Å². The highest BCUT2D eigenvalue weighted by Gasteiger charge is 2.32. The van der Waals surface area contributed by atoms with Crippen molar-refractivity contribution in [1.82, 2.24) is 4.90 Å². The molecular formula is C19H21NO2S. The number of amides is 1. The molecule has 2 aromatic carbocycles. The van der Waals surface area contributed by atoms with Crippen LogP contribution in [-0.4, -0.2) is 28.2 Å². The summed E-state index contributed by atoms with van der Waals surface area (Å²) in [5, 5.41) is 9.46. The Balaban J connectivity index is 1.70. The van der Waals surface area contributed by atoms with Gasteiger partial charge in [-0.15, -0.1) is 11.8 Å². The summed E-state index contributed by atoms with van der Waals surface area (Å²) in [6.45, 7) is 2.85. The summed E-state index contributed by atoms with van der Waals surface area (Å²) in [6, 6.07) is 15.8. The van der Waals surface area contributed by atoms with Crippen LogP contribution >= 0.6 is 11.8 Å². The molecule has 2 aromatic rings. The van der Waals surface area contributed by atoms with Gasteiger partial charge in [0.15, 0.2) is 0 Å². The third kappa shape index (κ3) is 3.70. The van der Waals surface area contributed by atoms with Gasteiger partial charge in [0.2, 0.25) is 5.91 Å². The Morgan fingerprint density at radius 2 is 1.74 bits per heavy atom. The highest BCUT2D eigenvalue weighted by atomic mass is 32.2. The average Bonchev–Trinajstić information content (AvgIpc) is 2.95. The molecule has 1 N–H and O–H groups in total. The smallest absolute Gasteiger partial charge is 0.233 e. The summed E-state index contributed by atoms with van der Waals surface area (Å²) in [4.78, 5) is 14.2. The van der Waals surface area contributed by atoms with E-state index >= 15 is 0 Å². The Morgan fingerprint density at radius 3 is 2.39 bits per heavy atom. The lowest BCUT2D eigenvalue weighted by Gasteiger charge is -2.24. The Kier molecular flexibility index (Phi) is 4.91. The second kappa shape index (κ2) is 7.09. The van der Waals surface area contributed by atoms with E-state index in [9.17, 15) is 9.90 Å². The molecule has 4 heteroatoms. The lowest BCUT2D eigenvalue weighted by molar-refractivity contribution is -0.128. The zero-order valence-electron chi connectivity index (χ0n) is 13.2. The SMILES string of the molecule is CCc1ccc(C2SCC(=O)N2CCc2ccc(O)cc2)cc1. The summed E-state index contributed by atoms with van der Waals surface area (Å²) in [6.07, 6.45) is 1.83. The molecule has 1 aliphatic heterocycles. The van der Waals surface area contributed by atoms with Gasteiger partial charge in [0, 0.05) is 6.54 Å². The van der Waals surface area contributed by atoms with E-state index in [2.05, 4.69) is 31.2 Å². The molecule has 0 bridgehead atoms.